The minimum absolute atomic E-state index is 0.0641. The van der Waals surface area contributed by atoms with Crippen LogP contribution in [0.1, 0.15) is 69.7 Å². The molecule has 1 saturated carbocycles. The van der Waals surface area contributed by atoms with E-state index < -0.39 is 29.0 Å². The van der Waals surface area contributed by atoms with E-state index >= 15 is 4.39 Å². The molecule has 0 radical (unpaired) electrons. The summed E-state index contributed by atoms with van der Waals surface area (Å²) in [6, 6.07) is 19.3. The summed E-state index contributed by atoms with van der Waals surface area (Å²) in [5, 5.41) is 10.5. The molecule has 2 atom stereocenters. The van der Waals surface area contributed by atoms with Crippen LogP contribution in [0, 0.1) is 5.82 Å². The molecule has 1 saturated heterocycles. The number of carbonyl (C=O) groups is 2. The molecule has 1 aliphatic heterocycles. The number of aromatic nitrogens is 2. The highest BCUT2D eigenvalue weighted by Gasteiger charge is 2.52. The highest BCUT2D eigenvalue weighted by atomic mass is 32.1. The van der Waals surface area contributed by atoms with Crippen LogP contribution in [0.15, 0.2) is 60.7 Å². The van der Waals surface area contributed by atoms with Crippen molar-refractivity contribution in [2.24, 2.45) is 0 Å². The van der Waals surface area contributed by atoms with Gasteiger partial charge in [0.2, 0.25) is 0 Å². The van der Waals surface area contributed by atoms with Crippen LogP contribution in [0.4, 0.5) is 9.18 Å². The Morgan fingerprint density at radius 2 is 1.80 bits per heavy atom. The Labute approximate surface area is 242 Å². The van der Waals surface area contributed by atoms with E-state index in [4.69, 9.17) is 9.72 Å². The third-order valence-corrected chi connectivity index (χ3v) is 9.23. The lowest BCUT2D eigenvalue weighted by Gasteiger charge is -2.32. The summed E-state index contributed by atoms with van der Waals surface area (Å²) in [6.45, 7) is 6.83. The fourth-order valence-corrected chi connectivity index (χ4v) is 6.79. The number of halogens is 1. The molecule has 3 heterocycles. The maximum absolute atomic E-state index is 15.6. The van der Waals surface area contributed by atoms with Gasteiger partial charge < -0.3 is 9.84 Å². The molecule has 1 N–H and O–H groups in total. The van der Waals surface area contributed by atoms with Crippen LogP contribution in [0.2, 0.25) is 0 Å². The summed E-state index contributed by atoms with van der Waals surface area (Å²) < 4.78 is 21.0. The number of hydrogen-bond acceptors (Lipinski definition) is 6. The minimum atomic E-state index is -1.46. The van der Waals surface area contributed by atoms with Crippen LogP contribution in [0.5, 0.6) is 0 Å². The Hall–Kier alpha value is -3.85. The Bertz CT molecular complexity index is 1660. The van der Waals surface area contributed by atoms with Gasteiger partial charge in [0.05, 0.1) is 5.69 Å². The SMILES string of the molecule is CC(C)(C)OC(=O)N1C[C@@H](c2ccc(-c3nc4ccc(C5(c6ccccc6)CC5)nc4s3)c(F)c2)C[C@@]1(C)C(=O)O. The first kappa shape index (κ1) is 27.3. The maximum Gasteiger partial charge on any atom is 0.411 e. The van der Waals surface area contributed by atoms with Crippen molar-refractivity contribution in [3.63, 3.8) is 0 Å². The molecule has 2 aromatic heterocycles. The number of amides is 1. The van der Waals surface area contributed by atoms with Gasteiger partial charge in [-0.05, 0) is 82.3 Å². The monoisotopic (exact) mass is 573 g/mol. The van der Waals surface area contributed by atoms with Crippen molar-refractivity contribution >= 4 is 33.7 Å². The van der Waals surface area contributed by atoms with Crippen LogP contribution < -0.4 is 0 Å². The predicted molar refractivity (Wildman–Crippen MR) is 156 cm³/mol. The van der Waals surface area contributed by atoms with E-state index in [0.29, 0.717) is 16.1 Å². The molecule has 2 fully saturated rings. The lowest BCUT2D eigenvalue weighted by Crippen LogP contribution is -2.52. The molecule has 9 heteroatoms. The molecule has 4 aromatic rings. The summed E-state index contributed by atoms with van der Waals surface area (Å²) >= 11 is 1.36. The summed E-state index contributed by atoms with van der Waals surface area (Å²) in [5.74, 6) is -1.93. The van der Waals surface area contributed by atoms with Crippen LogP contribution in [0.25, 0.3) is 20.9 Å². The first-order valence-corrected chi connectivity index (χ1v) is 14.6. The highest BCUT2D eigenvalue weighted by molar-refractivity contribution is 7.21. The predicted octanol–water partition coefficient (Wildman–Crippen LogP) is 7.15. The van der Waals surface area contributed by atoms with Gasteiger partial charge in [-0.1, -0.05) is 47.7 Å². The molecule has 212 valence electrons. The number of nitrogens with zero attached hydrogens (tertiary/aromatic N) is 3. The fraction of sp³-hybridized carbons (Fsp3) is 0.375. The Balaban J connectivity index is 1.27. The molecule has 7 nitrogen and oxygen atoms in total. The first-order valence-electron chi connectivity index (χ1n) is 13.8. The van der Waals surface area contributed by atoms with E-state index in [-0.39, 0.29) is 24.3 Å². The lowest BCUT2D eigenvalue weighted by atomic mass is 9.89. The van der Waals surface area contributed by atoms with Crippen LogP contribution in [-0.4, -0.2) is 49.7 Å². The Morgan fingerprint density at radius 1 is 1.07 bits per heavy atom. The van der Waals surface area contributed by atoms with E-state index in [0.717, 1.165) is 28.9 Å². The second-order valence-corrected chi connectivity index (χ2v) is 13.3. The standard InChI is InChI=1S/C32H32FN3O4S/c1-30(2,3)40-29(39)36-18-20(17-31(36,4)28(37)38)19-10-11-22(23(33)16-19)26-34-24-12-13-25(35-27(24)41-26)32(14-15-32)21-8-6-5-7-9-21/h5-13,16,20H,14-15,17-18H2,1-4H3,(H,37,38)/t20-,31-/m0/s1. The molecule has 0 unspecified atom stereocenters. The summed E-state index contributed by atoms with van der Waals surface area (Å²) in [4.78, 5) is 36.7. The van der Waals surface area contributed by atoms with Crippen molar-refractivity contribution in [3.8, 4) is 10.6 Å². The van der Waals surface area contributed by atoms with Crippen molar-refractivity contribution in [1.82, 2.24) is 14.9 Å². The molecule has 6 rings (SSSR count). The minimum Gasteiger partial charge on any atom is -0.480 e. The molecule has 1 amide bonds. The molecule has 0 spiro atoms. The van der Waals surface area contributed by atoms with Gasteiger partial charge in [0, 0.05) is 23.4 Å². The van der Waals surface area contributed by atoms with Gasteiger partial charge >= 0.3 is 12.1 Å². The largest absolute Gasteiger partial charge is 0.480 e. The van der Waals surface area contributed by atoms with Crippen LogP contribution in [0.3, 0.4) is 0 Å². The first-order chi connectivity index (χ1) is 19.4. The normalized spacial score (nSPS) is 21.7. The molecule has 41 heavy (non-hydrogen) atoms. The number of aliphatic carboxylic acids is 1. The van der Waals surface area contributed by atoms with E-state index in [1.807, 2.05) is 30.3 Å². The number of ether oxygens (including phenoxy) is 1. The number of rotatable bonds is 5. The van der Waals surface area contributed by atoms with Gasteiger partial charge in [-0.3, -0.25) is 4.90 Å². The number of likely N-dealkylation sites (tertiary alicyclic amines) is 1. The van der Waals surface area contributed by atoms with Crippen LogP contribution >= 0.6 is 11.3 Å². The lowest BCUT2D eigenvalue weighted by molar-refractivity contribution is -0.148. The van der Waals surface area contributed by atoms with Gasteiger partial charge in [-0.25, -0.2) is 23.9 Å². The van der Waals surface area contributed by atoms with Crippen molar-refractivity contribution in [2.75, 3.05) is 6.54 Å². The van der Waals surface area contributed by atoms with Crippen LogP contribution in [-0.2, 0) is 14.9 Å². The summed E-state index contributed by atoms with van der Waals surface area (Å²) in [6.07, 6.45) is 1.55. The molecule has 1 aliphatic carbocycles. The molecule has 0 bridgehead atoms. The van der Waals surface area contributed by atoms with Crippen molar-refractivity contribution in [2.45, 2.75) is 69.4 Å². The summed E-state index contributed by atoms with van der Waals surface area (Å²) in [5.41, 5.74) is 1.70. The van der Waals surface area contributed by atoms with Gasteiger partial charge in [0.15, 0.2) is 0 Å². The smallest absolute Gasteiger partial charge is 0.411 e. The third-order valence-electron chi connectivity index (χ3n) is 8.23. The van der Waals surface area contributed by atoms with Crippen molar-refractivity contribution in [3.05, 3.63) is 83.3 Å². The van der Waals surface area contributed by atoms with E-state index in [9.17, 15) is 14.7 Å². The molecular formula is C32H32FN3O4S. The van der Waals surface area contributed by atoms with E-state index in [1.165, 1.54) is 34.8 Å². The maximum atomic E-state index is 15.6. The molecular weight excluding hydrogens is 541 g/mol. The van der Waals surface area contributed by atoms with Gasteiger partial charge in [0.25, 0.3) is 0 Å². The number of carboxylic acids is 1. The molecule has 2 aliphatic rings. The molecule has 2 aromatic carbocycles. The average Bonchev–Trinajstić information content (AvgIpc) is 3.49. The number of carbonyl (C=O) groups excluding carboxylic acids is 1. The number of benzene rings is 2. The van der Waals surface area contributed by atoms with E-state index in [1.54, 1.807) is 32.9 Å². The highest BCUT2D eigenvalue weighted by Crippen LogP contribution is 2.53. The Kier molecular flexibility index (Phi) is 6.41. The number of thiazole rings is 1. The van der Waals surface area contributed by atoms with Gasteiger partial charge in [-0.15, -0.1) is 0 Å². The Morgan fingerprint density at radius 3 is 2.44 bits per heavy atom. The second kappa shape index (κ2) is 9.62. The number of pyridine rings is 1. The quantitative estimate of drug-likeness (QED) is 0.273. The van der Waals surface area contributed by atoms with Crippen molar-refractivity contribution < 1.29 is 23.8 Å². The van der Waals surface area contributed by atoms with Gasteiger partial charge in [0.1, 0.15) is 32.3 Å². The van der Waals surface area contributed by atoms with Crippen molar-refractivity contribution in [1.29, 1.82) is 0 Å². The zero-order valence-electron chi connectivity index (χ0n) is 23.5. The summed E-state index contributed by atoms with van der Waals surface area (Å²) in [7, 11) is 0. The van der Waals surface area contributed by atoms with E-state index in [2.05, 4.69) is 17.1 Å². The average molecular weight is 574 g/mol. The number of carboxylic acid groups (broad SMARTS) is 1. The zero-order valence-corrected chi connectivity index (χ0v) is 24.3. The van der Waals surface area contributed by atoms with Gasteiger partial charge in [-0.2, -0.15) is 0 Å². The fourth-order valence-electron chi connectivity index (χ4n) is 5.83. The third kappa shape index (κ3) is 4.86. The number of hydrogen-bond donors (Lipinski definition) is 1. The second-order valence-electron chi connectivity index (χ2n) is 12.3. The topological polar surface area (TPSA) is 92.6 Å². The zero-order chi connectivity index (χ0) is 29.2. The number of fused-ring (bicyclic) bond motifs is 1.